The molecule has 1 saturated heterocycles. The van der Waals surface area contributed by atoms with Crippen molar-refractivity contribution in [1.82, 2.24) is 20.2 Å². The first kappa shape index (κ1) is 12.1. The summed E-state index contributed by atoms with van der Waals surface area (Å²) < 4.78 is 1.93. The first-order valence-corrected chi connectivity index (χ1v) is 6.17. The van der Waals surface area contributed by atoms with Crippen LogP contribution in [0.25, 0.3) is 0 Å². The van der Waals surface area contributed by atoms with Crippen molar-refractivity contribution in [3.63, 3.8) is 0 Å². The lowest BCUT2D eigenvalue weighted by atomic mass is 9.98. The van der Waals surface area contributed by atoms with Gasteiger partial charge in [0.05, 0.1) is 12.0 Å². The molecule has 5 heteroatoms. The quantitative estimate of drug-likeness (QED) is 0.808. The Balaban J connectivity index is 1.92. The number of piperidine rings is 1. The van der Waals surface area contributed by atoms with E-state index >= 15 is 0 Å². The molecule has 2 heterocycles. The highest BCUT2D eigenvalue weighted by atomic mass is 16.2. The summed E-state index contributed by atoms with van der Waals surface area (Å²) in [5.41, 5.74) is 0. The lowest BCUT2D eigenvalue weighted by Gasteiger charge is -2.23. The second-order valence-electron chi connectivity index (χ2n) is 4.67. The molecule has 2 unspecified atom stereocenters. The van der Waals surface area contributed by atoms with Crippen molar-refractivity contribution in [2.24, 2.45) is 13.0 Å². The van der Waals surface area contributed by atoms with Crippen LogP contribution in [0.1, 0.15) is 31.6 Å². The van der Waals surface area contributed by atoms with Crippen molar-refractivity contribution >= 4 is 5.91 Å². The van der Waals surface area contributed by atoms with Crippen LogP contribution in [0.2, 0.25) is 0 Å². The summed E-state index contributed by atoms with van der Waals surface area (Å²) in [5, 5.41) is 6.28. The zero-order chi connectivity index (χ0) is 12.3. The Kier molecular flexibility index (Phi) is 3.78. The summed E-state index contributed by atoms with van der Waals surface area (Å²) in [4.78, 5) is 16.3. The SMILES string of the molecule is CC(NC(=O)C1CCCNC1)c1nccn1C. The maximum Gasteiger partial charge on any atom is 0.224 e. The minimum absolute atomic E-state index is 0.0376. The highest BCUT2D eigenvalue weighted by Gasteiger charge is 2.23. The Morgan fingerprint density at radius 2 is 2.53 bits per heavy atom. The van der Waals surface area contributed by atoms with Crippen LogP contribution in [0.3, 0.4) is 0 Å². The van der Waals surface area contributed by atoms with Crippen LogP contribution in [0.5, 0.6) is 0 Å². The number of nitrogens with zero attached hydrogens (tertiary/aromatic N) is 2. The van der Waals surface area contributed by atoms with Crippen molar-refractivity contribution in [2.75, 3.05) is 13.1 Å². The second-order valence-corrected chi connectivity index (χ2v) is 4.67. The molecule has 0 saturated carbocycles. The molecule has 1 aromatic rings. The molecule has 94 valence electrons. The van der Waals surface area contributed by atoms with E-state index in [0.717, 1.165) is 31.8 Å². The Morgan fingerprint density at radius 1 is 1.71 bits per heavy atom. The number of aryl methyl sites for hydroxylation is 1. The molecule has 0 aromatic carbocycles. The zero-order valence-corrected chi connectivity index (χ0v) is 10.4. The highest BCUT2D eigenvalue weighted by molar-refractivity contribution is 5.79. The van der Waals surface area contributed by atoms with Crippen molar-refractivity contribution in [2.45, 2.75) is 25.8 Å². The van der Waals surface area contributed by atoms with E-state index < -0.39 is 0 Å². The number of amides is 1. The summed E-state index contributed by atoms with van der Waals surface area (Å²) in [6.07, 6.45) is 5.70. The van der Waals surface area contributed by atoms with Crippen molar-refractivity contribution in [1.29, 1.82) is 0 Å². The molecule has 2 rings (SSSR count). The summed E-state index contributed by atoms with van der Waals surface area (Å²) in [7, 11) is 1.94. The standard InChI is InChI=1S/C12H20N4O/c1-9(11-14-6-7-16(11)2)15-12(17)10-4-3-5-13-8-10/h6-7,9-10,13H,3-5,8H2,1-2H3,(H,15,17). The number of nitrogens with one attached hydrogen (secondary N) is 2. The minimum atomic E-state index is -0.0376. The van der Waals surface area contributed by atoms with E-state index in [1.54, 1.807) is 6.20 Å². The Bertz CT molecular complexity index is 382. The molecule has 2 atom stereocenters. The van der Waals surface area contributed by atoms with Crippen LogP contribution in [-0.4, -0.2) is 28.5 Å². The van der Waals surface area contributed by atoms with Gasteiger partial charge in [-0.1, -0.05) is 0 Å². The molecule has 1 aliphatic rings. The Labute approximate surface area is 102 Å². The molecule has 1 aliphatic heterocycles. The van der Waals surface area contributed by atoms with Gasteiger partial charge < -0.3 is 15.2 Å². The van der Waals surface area contributed by atoms with Gasteiger partial charge in [0.2, 0.25) is 5.91 Å². The van der Waals surface area contributed by atoms with Crippen LogP contribution < -0.4 is 10.6 Å². The van der Waals surface area contributed by atoms with Gasteiger partial charge in [-0.3, -0.25) is 4.79 Å². The van der Waals surface area contributed by atoms with Gasteiger partial charge in [-0.15, -0.1) is 0 Å². The number of carbonyl (C=O) groups excluding carboxylic acids is 1. The van der Waals surface area contributed by atoms with Crippen LogP contribution in [0.15, 0.2) is 12.4 Å². The number of hydrogen-bond acceptors (Lipinski definition) is 3. The number of rotatable bonds is 3. The smallest absolute Gasteiger partial charge is 0.224 e. The molecule has 1 amide bonds. The number of aromatic nitrogens is 2. The minimum Gasteiger partial charge on any atom is -0.346 e. The summed E-state index contributed by atoms with van der Waals surface area (Å²) in [6.45, 7) is 3.79. The number of hydrogen-bond donors (Lipinski definition) is 2. The van der Waals surface area contributed by atoms with Crippen molar-refractivity contribution in [3.05, 3.63) is 18.2 Å². The lowest BCUT2D eigenvalue weighted by molar-refractivity contribution is -0.126. The zero-order valence-electron chi connectivity index (χ0n) is 10.4. The van der Waals surface area contributed by atoms with Gasteiger partial charge in [0.1, 0.15) is 5.82 Å². The molecule has 0 bridgehead atoms. The van der Waals surface area contributed by atoms with Gasteiger partial charge >= 0.3 is 0 Å². The number of imidazole rings is 1. The fraction of sp³-hybridized carbons (Fsp3) is 0.667. The molecule has 5 nitrogen and oxygen atoms in total. The van der Waals surface area contributed by atoms with Gasteiger partial charge in [-0.05, 0) is 26.3 Å². The molecule has 17 heavy (non-hydrogen) atoms. The Hall–Kier alpha value is -1.36. The maximum atomic E-state index is 12.0. The molecule has 0 aliphatic carbocycles. The third kappa shape index (κ3) is 2.85. The van der Waals surface area contributed by atoms with Gasteiger partial charge in [0.25, 0.3) is 0 Å². The third-order valence-corrected chi connectivity index (χ3v) is 3.27. The summed E-state index contributed by atoms with van der Waals surface area (Å²) in [6, 6.07) is -0.0376. The first-order valence-electron chi connectivity index (χ1n) is 6.17. The Morgan fingerprint density at radius 3 is 3.12 bits per heavy atom. The van der Waals surface area contributed by atoms with Crippen molar-refractivity contribution < 1.29 is 4.79 Å². The predicted octanol–water partition coefficient (Wildman–Crippen LogP) is 0.597. The highest BCUT2D eigenvalue weighted by Crippen LogP contribution is 2.13. The largest absolute Gasteiger partial charge is 0.346 e. The first-order chi connectivity index (χ1) is 8.18. The van der Waals surface area contributed by atoms with E-state index in [0.29, 0.717) is 0 Å². The molecule has 0 radical (unpaired) electrons. The molecule has 0 spiro atoms. The van der Waals surface area contributed by atoms with Gasteiger partial charge in [0, 0.05) is 26.0 Å². The monoisotopic (exact) mass is 236 g/mol. The van der Waals surface area contributed by atoms with E-state index in [9.17, 15) is 4.79 Å². The van der Waals surface area contributed by atoms with Gasteiger partial charge in [0.15, 0.2) is 0 Å². The van der Waals surface area contributed by atoms with E-state index in [1.165, 1.54) is 0 Å². The van der Waals surface area contributed by atoms with E-state index in [4.69, 9.17) is 0 Å². The van der Waals surface area contributed by atoms with E-state index in [2.05, 4.69) is 15.6 Å². The summed E-state index contributed by atoms with van der Waals surface area (Å²) in [5.74, 6) is 1.13. The average molecular weight is 236 g/mol. The van der Waals surface area contributed by atoms with Crippen LogP contribution in [0, 0.1) is 5.92 Å². The molecule has 1 fully saturated rings. The van der Waals surface area contributed by atoms with Crippen molar-refractivity contribution in [3.8, 4) is 0 Å². The molecular formula is C12H20N4O. The van der Waals surface area contributed by atoms with Crippen LogP contribution >= 0.6 is 0 Å². The maximum absolute atomic E-state index is 12.0. The fourth-order valence-electron chi connectivity index (χ4n) is 2.27. The van der Waals surface area contributed by atoms with E-state index in [-0.39, 0.29) is 17.9 Å². The average Bonchev–Trinajstić information content (AvgIpc) is 2.76. The van der Waals surface area contributed by atoms with Crippen LogP contribution in [-0.2, 0) is 11.8 Å². The molecule has 2 N–H and O–H groups in total. The van der Waals surface area contributed by atoms with Gasteiger partial charge in [-0.25, -0.2) is 4.98 Å². The number of carbonyl (C=O) groups is 1. The fourth-order valence-corrected chi connectivity index (χ4v) is 2.27. The lowest BCUT2D eigenvalue weighted by Crippen LogP contribution is -2.41. The molecule has 1 aromatic heterocycles. The normalized spacial score (nSPS) is 22.1. The topological polar surface area (TPSA) is 59.0 Å². The summed E-state index contributed by atoms with van der Waals surface area (Å²) >= 11 is 0. The third-order valence-electron chi connectivity index (χ3n) is 3.27. The second kappa shape index (κ2) is 5.31. The van der Waals surface area contributed by atoms with E-state index in [1.807, 2.05) is 24.7 Å². The predicted molar refractivity (Wildman–Crippen MR) is 65.4 cm³/mol. The molecular weight excluding hydrogens is 216 g/mol. The van der Waals surface area contributed by atoms with Gasteiger partial charge in [-0.2, -0.15) is 0 Å². The van der Waals surface area contributed by atoms with Crippen LogP contribution in [0.4, 0.5) is 0 Å².